The summed E-state index contributed by atoms with van der Waals surface area (Å²) in [5.74, 6) is 2.11. The minimum absolute atomic E-state index is 0.403. The topological polar surface area (TPSA) is 43.6 Å². The number of alkyl halides is 1. The van der Waals surface area contributed by atoms with Gasteiger partial charge in [-0.25, -0.2) is 4.68 Å². The Bertz CT molecular complexity index is 304. The summed E-state index contributed by atoms with van der Waals surface area (Å²) >= 11 is 5.79. The normalized spacial score (nSPS) is 26.8. The summed E-state index contributed by atoms with van der Waals surface area (Å²) in [4.78, 5) is 0. The van der Waals surface area contributed by atoms with Crippen LogP contribution in [0.5, 0.6) is 0 Å². The third kappa shape index (κ3) is 2.30. The molecule has 2 rings (SSSR count). The van der Waals surface area contributed by atoms with Gasteiger partial charge in [0.2, 0.25) is 0 Å². The number of aromatic nitrogens is 4. The van der Waals surface area contributed by atoms with E-state index in [-0.39, 0.29) is 0 Å². The van der Waals surface area contributed by atoms with Gasteiger partial charge in [0.15, 0.2) is 5.82 Å². The Morgan fingerprint density at radius 2 is 2.07 bits per heavy atom. The van der Waals surface area contributed by atoms with Crippen LogP contribution in [0.25, 0.3) is 0 Å². The Balaban J connectivity index is 2.01. The first-order valence-corrected chi connectivity index (χ1v) is 6.21. The third-order valence-corrected chi connectivity index (χ3v) is 3.66. The first-order chi connectivity index (χ1) is 7.35. The molecule has 0 spiro atoms. The quantitative estimate of drug-likeness (QED) is 0.747. The van der Waals surface area contributed by atoms with Crippen LogP contribution in [0.4, 0.5) is 0 Å². The van der Waals surface area contributed by atoms with Crippen molar-refractivity contribution < 1.29 is 0 Å². The van der Waals surface area contributed by atoms with E-state index in [0.717, 1.165) is 11.7 Å². The van der Waals surface area contributed by atoms with Crippen LogP contribution in [0.1, 0.15) is 50.9 Å². The van der Waals surface area contributed by atoms with Gasteiger partial charge >= 0.3 is 0 Å². The van der Waals surface area contributed by atoms with Crippen LogP contribution < -0.4 is 0 Å². The van der Waals surface area contributed by atoms with Crippen LogP contribution in [0, 0.1) is 5.92 Å². The minimum Gasteiger partial charge on any atom is -0.225 e. The monoisotopic (exact) mass is 228 g/mol. The fraction of sp³-hybridized carbons (Fsp3) is 0.900. The molecule has 1 aliphatic carbocycles. The zero-order chi connectivity index (χ0) is 10.7. The van der Waals surface area contributed by atoms with Gasteiger partial charge in [-0.1, -0.05) is 13.3 Å². The highest BCUT2D eigenvalue weighted by Gasteiger charge is 2.23. The van der Waals surface area contributed by atoms with Gasteiger partial charge in [-0.15, -0.1) is 16.7 Å². The number of hydrogen-bond donors (Lipinski definition) is 0. The van der Waals surface area contributed by atoms with Crippen molar-refractivity contribution in [3.05, 3.63) is 5.82 Å². The third-order valence-electron chi connectivity index (χ3n) is 3.42. The van der Waals surface area contributed by atoms with Crippen molar-refractivity contribution in [1.29, 1.82) is 0 Å². The lowest BCUT2D eigenvalue weighted by atomic mass is 9.84. The van der Waals surface area contributed by atoms with Gasteiger partial charge in [0.1, 0.15) is 0 Å². The molecule has 5 heteroatoms. The molecule has 0 aliphatic heterocycles. The Morgan fingerprint density at radius 1 is 1.33 bits per heavy atom. The van der Waals surface area contributed by atoms with Gasteiger partial charge in [0, 0.05) is 0 Å². The van der Waals surface area contributed by atoms with E-state index in [9.17, 15) is 0 Å². The summed E-state index contributed by atoms with van der Waals surface area (Å²) in [6, 6.07) is 0.469. The van der Waals surface area contributed by atoms with Crippen molar-refractivity contribution in [2.75, 3.05) is 0 Å². The lowest BCUT2D eigenvalue weighted by Crippen LogP contribution is -2.20. The molecular formula is C10H17ClN4. The molecule has 0 radical (unpaired) electrons. The summed E-state index contributed by atoms with van der Waals surface area (Å²) in [5, 5.41) is 11.6. The van der Waals surface area contributed by atoms with Crippen LogP contribution in [0.15, 0.2) is 0 Å². The Morgan fingerprint density at radius 3 is 2.67 bits per heavy atom. The van der Waals surface area contributed by atoms with Crippen LogP contribution in [0.3, 0.4) is 0 Å². The maximum atomic E-state index is 5.79. The molecule has 15 heavy (non-hydrogen) atoms. The number of hydrogen-bond acceptors (Lipinski definition) is 3. The fourth-order valence-corrected chi connectivity index (χ4v) is 2.56. The molecule has 4 nitrogen and oxygen atoms in total. The zero-order valence-electron chi connectivity index (χ0n) is 9.06. The number of rotatable bonds is 3. The molecule has 1 aromatic heterocycles. The van der Waals surface area contributed by atoms with Crippen molar-refractivity contribution in [1.82, 2.24) is 20.2 Å². The highest BCUT2D eigenvalue weighted by atomic mass is 35.5. The Hall–Kier alpha value is -0.640. The Labute approximate surface area is 95.0 Å². The van der Waals surface area contributed by atoms with Crippen molar-refractivity contribution in [2.45, 2.75) is 50.9 Å². The smallest absolute Gasteiger partial charge is 0.166 e. The second-order valence-electron chi connectivity index (χ2n) is 4.26. The van der Waals surface area contributed by atoms with Gasteiger partial charge in [-0.3, -0.25) is 0 Å². The van der Waals surface area contributed by atoms with Crippen molar-refractivity contribution in [2.24, 2.45) is 5.92 Å². The first-order valence-electron chi connectivity index (χ1n) is 5.67. The average Bonchev–Trinajstić information content (AvgIpc) is 2.77. The molecule has 0 unspecified atom stereocenters. The first kappa shape index (κ1) is 10.9. The van der Waals surface area contributed by atoms with Gasteiger partial charge in [-0.2, -0.15) is 0 Å². The van der Waals surface area contributed by atoms with Crippen LogP contribution in [-0.2, 0) is 5.88 Å². The molecule has 0 bridgehead atoms. The lowest BCUT2D eigenvalue weighted by Gasteiger charge is -2.27. The van der Waals surface area contributed by atoms with Crippen molar-refractivity contribution >= 4 is 11.6 Å². The molecular weight excluding hydrogens is 212 g/mol. The van der Waals surface area contributed by atoms with E-state index in [4.69, 9.17) is 11.6 Å². The predicted molar refractivity (Wildman–Crippen MR) is 58.7 cm³/mol. The number of nitrogens with zero attached hydrogens (tertiary/aromatic N) is 4. The van der Waals surface area contributed by atoms with Crippen molar-refractivity contribution in [3.8, 4) is 0 Å². The molecule has 1 aromatic rings. The van der Waals surface area contributed by atoms with E-state index in [1.54, 1.807) is 0 Å². The maximum Gasteiger partial charge on any atom is 0.166 e. The molecule has 0 N–H and O–H groups in total. The highest BCUT2D eigenvalue weighted by molar-refractivity contribution is 6.16. The molecule has 1 fully saturated rings. The number of halogens is 1. The van der Waals surface area contributed by atoms with E-state index in [0.29, 0.717) is 11.9 Å². The predicted octanol–water partition coefficient (Wildman–Crippen LogP) is 2.55. The molecule has 0 aromatic carbocycles. The van der Waals surface area contributed by atoms with Gasteiger partial charge < -0.3 is 0 Å². The number of tetrazole rings is 1. The van der Waals surface area contributed by atoms with Gasteiger partial charge in [0.25, 0.3) is 0 Å². The molecule has 0 atom stereocenters. The molecule has 1 heterocycles. The summed E-state index contributed by atoms with van der Waals surface area (Å²) in [5.41, 5.74) is 0. The fourth-order valence-electron chi connectivity index (χ4n) is 2.38. The standard InChI is InChI=1S/C10H17ClN4/c1-2-8-3-5-9(6-4-8)15-10(7-11)12-13-14-15/h8-9H,2-7H2,1H3. The van der Waals surface area contributed by atoms with Crippen LogP contribution >= 0.6 is 11.6 Å². The second-order valence-corrected chi connectivity index (χ2v) is 4.52. The molecule has 1 saturated carbocycles. The maximum absolute atomic E-state index is 5.79. The van der Waals surface area contributed by atoms with E-state index < -0.39 is 0 Å². The van der Waals surface area contributed by atoms with E-state index >= 15 is 0 Å². The van der Waals surface area contributed by atoms with Crippen molar-refractivity contribution in [3.63, 3.8) is 0 Å². The summed E-state index contributed by atoms with van der Waals surface area (Å²) in [6.45, 7) is 2.27. The molecule has 1 aliphatic rings. The minimum atomic E-state index is 0.403. The molecule has 0 amide bonds. The van der Waals surface area contributed by atoms with Gasteiger partial charge in [0.05, 0.1) is 11.9 Å². The summed E-state index contributed by atoms with van der Waals surface area (Å²) in [7, 11) is 0. The zero-order valence-corrected chi connectivity index (χ0v) is 9.82. The summed E-state index contributed by atoms with van der Waals surface area (Å²) < 4.78 is 1.92. The van der Waals surface area contributed by atoms with Gasteiger partial charge in [-0.05, 0) is 42.0 Å². The summed E-state index contributed by atoms with van der Waals surface area (Å²) in [6.07, 6.45) is 6.26. The highest BCUT2D eigenvalue weighted by Crippen LogP contribution is 2.33. The van der Waals surface area contributed by atoms with E-state index in [1.807, 2.05) is 4.68 Å². The lowest BCUT2D eigenvalue weighted by molar-refractivity contribution is 0.250. The molecule has 0 saturated heterocycles. The Kier molecular flexibility index (Phi) is 3.57. The molecule has 84 valence electrons. The largest absolute Gasteiger partial charge is 0.225 e. The van der Waals surface area contributed by atoms with Crippen LogP contribution in [-0.4, -0.2) is 20.2 Å². The average molecular weight is 229 g/mol. The van der Waals surface area contributed by atoms with E-state index in [2.05, 4.69) is 22.4 Å². The SMILES string of the molecule is CCC1CCC(n2nnnc2CCl)CC1. The second kappa shape index (κ2) is 4.92. The van der Waals surface area contributed by atoms with E-state index in [1.165, 1.54) is 32.1 Å². The van der Waals surface area contributed by atoms with Crippen LogP contribution in [0.2, 0.25) is 0 Å².